The zero-order valence-electron chi connectivity index (χ0n) is 64.5. The van der Waals surface area contributed by atoms with Crippen LogP contribution in [0.5, 0.6) is 0 Å². The van der Waals surface area contributed by atoms with E-state index in [4.69, 9.17) is 36.1 Å². The lowest BCUT2D eigenvalue weighted by Gasteiger charge is -2.46. The number of amides is 13. The monoisotopic (exact) mass is 1690 g/mol. The third-order valence-electron chi connectivity index (χ3n) is 17.9. The van der Waals surface area contributed by atoms with Crippen molar-refractivity contribution < 1.29 is 152 Å². The molecule has 2 saturated heterocycles. The minimum Gasteiger partial charge on any atom is -0.481 e. The molecular formula is C65H113N17O31S2. The number of carboxylic acid groups (broad SMARTS) is 2. The van der Waals surface area contributed by atoms with Crippen LogP contribution in [0, 0.1) is 17.8 Å². The van der Waals surface area contributed by atoms with E-state index >= 15 is 0 Å². The average Bonchev–Trinajstić information content (AvgIpc) is 0.787. The molecule has 48 nitrogen and oxygen atoms in total. The normalized spacial score (nSPS) is 23.3. The van der Waals surface area contributed by atoms with Crippen molar-refractivity contribution in [3.8, 4) is 0 Å². The van der Waals surface area contributed by atoms with Gasteiger partial charge in [0.05, 0.1) is 64.2 Å². The molecule has 0 saturated carbocycles. The number of carbonyl (C=O) groups is 15. The molecule has 0 aromatic rings. The molecule has 0 radical (unpaired) electrons. The van der Waals surface area contributed by atoms with E-state index in [-0.39, 0.29) is 31.8 Å². The second-order valence-corrected chi connectivity index (χ2v) is 28.4. The maximum Gasteiger partial charge on any atom is 0.326 e. The van der Waals surface area contributed by atoms with Gasteiger partial charge >= 0.3 is 11.9 Å². The Labute approximate surface area is 670 Å². The molecule has 31 N–H and O–H groups in total. The van der Waals surface area contributed by atoms with Crippen LogP contribution in [0.25, 0.3) is 0 Å². The van der Waals surface area contributed by atoms with Crippen LogP contribution >= 0.6 is 25.3 Å². The van der Waals surface area contributed by atoms with Gasteiger partial charge in [0.2, 0.25) is 76.8 Å². The van der Waals surface area contributed by atoms with Crippen LogP contribution in [-0.2, 0) is 90.9 Å². The van der Waals surface area contributed by atoms with E-state index in [2.05, 4.69) is 99.4 Å². The van der Waals surface area contributed by atoms with Gasteiger partial charge in [-0.05, 0) is 51.4 Å². The molecule has 656 valence electrons. The van der Waals surface area contributed by atoms with Gasteiger partial charge in [-0.3, -0.25) is 72.1 Å². The van der Waals surface area contributed by atoms with Crippen LogP contribution in [0.4, 0.5) is 0 Å². The summed E-state index contributed by atoms with van der Waals surface area (Å²) in [4.78, 5) is 205. The van der Waals surface area contributed by atoms with Gasteiger partial charge in [0.15, 0.2) is 18.5 Å². The molecule has 0 spiro atoms. The fourth-order valence-corrected chi connectivity index (χ4v) is 11.4. The van der Waals surface area contributed by atoms with E-state index in [1.165, 1.54) is 34.6 Å². The zero-order valence-corrected chi connectivity index (χ0v) is 66.3. The molecule has 2 unspecified atom stereocenters. The minimum atomic E-state index is -2.16. The Morgan fingerprint density at radius 2 is 0.922 bits per heavy atom. The number of hydrogen-bond donors (Lipinski definition) is 30. The van der Waals surface area contributed by atoms with Gasteiger partial charge in [0, 0.05) is 18.1 Å². The topological polar surface area (TPSA) is 783 Å². The number of nitrogens with zero attached hydrogens (tertiary/aromatic N) is 1. The van der Waals surface area contributed by atoms with Gasteiger partial charge < -0.3 is 167 Å². The summed E-state index contributed by atoms with van der Waals surface area (Å²) in [6, 6.07) is -20.6. The number of hydrogen-bond acceptors (Lipinski definition) is 33. The maximum absolute atomic E-state index is 14.6. The molecule has 0 bridgehead atoms. The number of ether oxygens (including phenoxy) is 4. The van der Waals surface area contributed by atoms with E-state index in [0.717, 1.165) is 13.8 Å². The lowest BCUT2D eigenvalue weighted by molar-refractivity contribution is -0.358. The second kappa shape index (κ2) is 50.1. The zero-order chi connectivity index (χ0) is 87.7. The van der Waals surface area contributed by atoms with Crippen LogP contribution in [0.15, 0.2) is 4.99 Å². The van der Waals surface area contributed by atoms with Crippen molar-refractivity contribution in [3.05, 3.63) is 0 Å². The standard InChI is InChI=1S/C65H113N17O31S2/c1-10-25(6)42(59(105)81-43(26(7)87)60(106)73-30(62(108)109)12-11-13-69-65(67)68)80-57(103)40(23(2)3)78-38(89)16-70-52(98)31(14-39(90)91)72-37(88)15-71-53(99)34(21-114)77-61(107)44(27(8)110-63-49(96)47(94)50(28(9)111-63)113-64-48(95)46(93)45(92)36(20-86)112-64)82-58(104)41(24(4)5)79-55(101)33(19-85)75-56(102)35(22-115)76-54(100)32(18-84)74-51(97)29(66)17-83/h23-36,40-50,63-64,83-87,92-96,114-115H,10-22,66H2,1-9H3,(H,70,98)(H,71,99)(H,72,88)(H,73,106)(H,74,97)(H,75,102)(H,76,100)(H,77,107)(H,78,89)(H,79,101)(H,80,103)(H,81,105)(H,82,104)(H,90,91)(H,108,109)(H4,67,68,69)/t25-,26+,27+,28+,29-,30-,31-,32-,33-,34-,35-,36+,40-,41-,42-,43-,44-,45+,46-,47+,48+,49+,50-,63?,64?/m0/s1. The molecular weight excluding hydrogens is 1580 g/mol. The van der Waals surface area contributed by atoms with Crippen LogP contribution < -0.4 is 86.3 Å². The summed E-state index contributed by atoms with van der Waals surface area (Å²) >= 11 is 8.18. The van der Waals surface area contributed by atoms with Gasteiger partial charge in [-0.2, -0.15) is 25.3 Å². The summed E-state index contributed by atoms with van der Waals surface area (Å²) < 4.78 is 22.8. The van der Waals surface area contributed by atoms with Crippen molar-refractivity contribution >= 4 is 120 Å². The number of rotatable bonds is 49. The molecule has 50 heteroatoms. The molecule has 115 heavy (non-hydrogen) atoms. The van der Waals surface area contributed by atoms with Gasteiger partial charge in [-0.15, -0.1) is 0 Å². The molecule has 13 amide bonds. The number of carbonyl (C=O) groups excluding carboxylic acids is 13. The first-order valence-electron chi connectivity index (χ1n) is 36.3. The molecule has 2 aliphatic heterocycles. The summed E-state index contributed by atoms with van der Waals surface area (Å²) in [6.45, 7) is 6.53. The van der Waals surface area contributed by atoms with Crippen LogP contribution in [-0.4, -0.2) is 360 Å². The minimum absolute atomic E-state index is 0.0207. The summed E-state index contributed by atoms with van der Waals surface area (Å²) in [6.07, 6.45) is -22.6. The SMILES string of the molecule is CC[C@H](C)[C@H](NC(=O)[C@@H](NC(=O)CNC(=O)[C@H](CC(=O)O)NC(=O)CNC(=O)[C@H](CS)NC(=O)[C@@H](NC(=O)[C@@H](NC(=O)[C@H](CO)NC(=O)[C@H](CS)NC(=O)[C@H](CO)NC(=O)[C@@H](N)CO)C(C)C)[C@@H](C)OC1O[C@H](C)[C@H](OC2O[C@H](CO)[C@@H](O)[C@H](O)[C@H]2O)[C@H](O)[C@H]1O)C(C)C)C(=O)N[C@H](C(=O)N[C@@H](CCCN=C(N)N)C(=O)O)[C@@H](C)O. The van der Waals surface area contributed by atoms with E-state index < -0.39 is 310 Å². The average molecular weight is 1690 g/mol. The van der Waals surface area contributed by atoms with Crippen molar-refractivity contribution in [2.75, 3.05) is 57.6 Å². The molecule has 2 heterocycles. The van der Waals surface area contributed by atoms with Crippen molar-refractivity contribution in [1.29, 1.82) is 0 Å². The number of aliphatic carboxylic acids is 2. The molecule has 0 aromatic carbocycles. The Bertz CT molecular complexity index is 3310. The fourth-order valence-electron chi connectivity index (χ4n) is 10.9. The Hall–Kier alpha value is -8.58. The van der Waals surface area contributed by atoms with Crippen molar-refractivity contribution in [3.63, 3.8) is 0 Å². The third-order valence-corrected chi connectivity index (χ3v) is 18.6. The van der Waals surface area contributed by atoms with Gasteiger partial charge in [0.1, 0.15) is 115 Å². The van der Waals surface area contributed by atoms with E-state index in [0.29, 0.717) is 0 Å². The molecule has 0 aromatic heterocycles. The van der Waals surface area contributed by atoms with Gasteiger partial charge in [0.25, 0.3) is 0 Å². The number of carboxylic acids is 2. The van der Waals surface area contributed by atoms with E-state index in [1.54, 1.807) is 13.8 Å². The molecule has 2 fully saturated rings. The second-order valence-electron chi connectivity index (χ2n) is 27.7. The summed E-state index contributed by atoms with van der Waals surface area (Å²) in [5.74, 6) is -22.0. The predicted octanol–water partition coefficient (Wildman–Crippen LogP) is -14.9. The number of nitrogens with two attached hydrogens (primary N) is 3. The highest BCUT2D eigenvalue weighted by Crippen LogP contribution is 2.30. The first-order valence-corrected chi connectivity index (χ1v) is 37.5. The predicted molar refractivity (Wildman–Crippen MR) is 400 cm³/mol. The molecule has 25 atom stereocenters. The molecule has 0 aliphatic carbocycles. The van der Waals surface area contributed by atoms with Crippen molar-refractivity contribution in [2.45, 2.75) is 234 Å². The Kier molecular flexibility index (Phi) is 44.7. The number of nitrogens with one attached hydrogen (secondary N) is 13. The largest absolute Gasteiger partial charge is 0.481 e. The number of aliphatic hydroxyl groups excluding tert-OH is 10. The summed E-state index contributed by atoms with van der Waals surface area (Å²) in [5.41, 5.74) is 16.1. The van der Waals surface area contributed by atoms with Crippen LogP contribution in [0.1, 0.15) is 88.0 Å². The summed E-state index contributed by atoms with van der Waals surface area (Å²) in [7, 11) is 0. The Morgan fingerprint density at radius 3 is 1.42 bits per heavy atom. The Morgan fingerprint density at radius 1 is 0.487 bits per heavy atom. The van der Waals surface area contributed by atoms with Crippen molar-refractivity contribution in [2.24, 2.45) is 39.9 Å². The van der Waals surface area contributed by atoms with Gasteiger partial charge in [-0.1, -0.05) is 48.0 Å². The highest BCUT2D eigenvalue weighted by atomic mass is 32.1. The van der Waals surface area contributed by atoms with E-state index in [9.17, 15) is 133 Å². The number of guanidine groups is 1. The number of thiol groups is 2. The lowest BCUT2D eigenvalue weighted by atomic mass is 9.96. The third kappa shape index (κ3) is 32.4. The van der Waals surface area contributed by atoms with E-state index in [1.807, 2.05) is 0 Å². The fraction of sp³-hybridized carbons (Fsp3) is 0.754. The number of aliphatic imine (C=N–C) groups is 1. The number of aliphatic hydroxyl groups is 10. The van der Waals surface area contributed by atoms with Crippen LogP contribution in [0.2, 0.25) is 0 Å². The van der Waals surface area contributed by atoms with Crippen molar-refractivity contribution in [1.82, 2.24) is 69.1 Å². The lowest BCUT2D eigenvalue weighted by Crippen LogP contribution is -2.65. The highest BCUT2D eigenvalue weighted by molar-refractivity contribution is 7.80. The van der Waals surface area contributed by atoms with Gasteiger partial charge in [-0.25, -0.2) is 4.79 Å². The maximum atomic E-state index is 14.6. The first-order chi connectivity index (χ1) is 53.8. The highest BCUT2D eigenvalue weighted by Gasteiger charge is 2.51. The smallest absolute Gasteiger partial charge is 0.326 e. The molecule has 2 aliphatic rings. The molecule has 2 rings (SSSR count). The Balaban J connectivity index is 2.40. The quantitative estimate of drug-likeness (QED) is 0.0116. The summed E-state index contributed by atoms with van der Waals surface area (Å²) in [5, 5.41) is 152. The van der Waals surface area contributed by atoms with Crippen LogP contribution in [0.3, 0.4) is 0 Å². The first kappa shape index (κ1) is 102.